The summed E-state index contributed by atoms with van der Waals surface area (Å²) in [4.78, 5) is 16.7. The molecule has 3 aromatic rings. The Balaban J connectivity index is 1.97. The van der Waals surface area contributed by atoms with E-state index in [0.29, 0.717) is 32.7 Å². The van der Waals surface area contributed by atoms with E-state index in [1.165, 1.54) is 11.3 Å². The molecule has 0 saturated carbocycles. The van der Waals surface area contributed by atoms with Crippen LogP contribution >= 0.6 is 22.9 Å². The van der Waals surface area contributed by atoms with E-state index in [1.807, 2.05) is 6.07 Å². The van der Waals surface area contributed by atoms with Gasteiger partial charge in [0.25, 0.3) is 5.91 Å². The lowest BCUT2D eigenvalue weighted by Crippen LogP contribution is -2.12. The Kier molecular flexibility index (Phi) is 4.33. The van der Waals surface area contributed by atoms with Crippen molar-refractivity contribution in [2.75, 3.05) is 17.9 Å². The molecule has 4 N–H and O–H groups in total. The Morgan fingerprint density at radius 2 is 2.13 bits per heavy atom. The van der Waals surface area contributed by atoms with Gasteiger partial charge in [0.05, 0.1) is 22.4 Å². The van der Waals surface area contributed by atoms with Gasteiger partial charge in [-0.15, -0.1) is 0 Å². The van der Waals surface area contributed by atoms with E-state index in [0.717, 1.165) is 4.70 Å². The summed E-state index contributed by atoms with van der Waals surface area (Å²) in [5.41, 5.74) is 4.18. The van der Waals surface area contributed by atoms with Crippen LogP contribution < -0.4 is 21.3 Å². The third kappa shape index (κ3) is 3.07. The molecule has 0 radical (unpaired) electrons. The van der Waals surface area contributed by atoms with Crippen molar-refractivity contribution in [1.82, 2.24) is 4.98 Å². The van der Waals surface area contributed by atoms with Crippen LogP contribution in [-0.4, -0.2) is 18.0 Å². The van der Waals surface area contributed by atoms with Gasteiger partial charge in [0, 0.05) is 11.8 Å². The molecule has 1 amide bonds. The van der Waals surface area contributed by atoms with Crippen LogP contribution in [0.1, 0.15) is 10.4 Å². The SMILES string of the molecule is COc1cc(NC(=O)c2ccccc2Cl)cc2sc(NN)nc12. The molecule has 0 saturated heterocycles. The first-order valence-corrected chi connectivity index (χ1v) is 7.83. The minimum absolute atomic E-state index is 0.293. The zero-order chi connectivity index (χ0) is 16.4. The summed E-state index contributed by atoms with van der Waals surface area (Å²) in [6, 6.07) is 10.4. The lowest BCUT2D eigenvalue weighted by molar-refractivity contribution is 0.102. The number of aromatic nitrogens is 1. The fourth-order valence-corrected chi connectivity index (χ4v) is 3.19. The van der Waals surface area contributed by atoms with Crippen molar-refractivity contribution in [1.29, 1.82) is 0 Å². The third-order valence-electron chi connectivity index (χ3n) is 3.18. The topological polar surface area (TPSA) is 89.3 Å². The van der Waals surface area contributed by atoms with Crippen LogP contribution in [0.25, 0.3) is 10.2 Å². The molecule has 0 aliphatic heterocycles. The first kappa shape index (κ1) is 15.5. The number of nitrogen functional groups attached to an aromatic ring is 1. The van der Waals surface area contributed by atoms with Crippen molar-refractivity contribution in [3.05, 3.63) is 47.0 Å². The number of hydrogen-bond acceptors (Lipinski definition) is 6. The number of methoxy groups -OCH3 is 1. The number of carbonyl (C=O) groups is 1. The van der Waals surface area contributed by atoms with Gasteiger partial charge in [0.1, 0.15) is 11.3 Å². The highest BCUT2D eigenvalue weighted by Crippen LogP contribution is 2.35. The number of benzene rings is 2. The Hall–Kier alpha value is -2.35. The maximum Gasteiger partial charge on any atom is 0.257 e. The predicted molar refractivity (Wildman–Crippen MR) is 93.4 cm³/mol. The fourth-order valence-electron chi connectivity index (χ4n) is 2.13. The van der Waals surface area contributed by atoms with Gasteiger partial charge in [-0.05, 0) is 18.2 Å². The Bertz CT molecular complexity index is 881. The smallest absolute Gasteiger partial charge is 0.257 e. The molecule has 3 rings (SSSR count). The van der Waals surface area contributed by atoms with E-state index < -0.39 is 0 Å². The van der Waals surface area contributed by atoms with Crippen LogP contribution in [0.5, 0.6) is 5.75 Å². The van der Waals surface area contributed by atoms with Gasteiger partial charge in [-0.3, -0.25) is 10.2 Å². The molecule has 6 nitrogen and oxygen atoms in total. The number of rotatable bonds is 4. The first-order valence-electron chi connectivity index (χ1n) is 6.63. The molecule has 0 bridgehead atoms. The molecule has 1 aromatic heterocycles. The van der Waals surface area contributed by atoms with Crippen molar-refractivity contribution in [2.24, 2.45) is 5.84 Å². The molecule has 0 unspecified atom stereocenters. The number of anilines is 2. The van der Waals surface area contributed by atoms with Crippen molar-refractivity contribution in [3.63, 3.8) is 0 Å². The summed E-state index contributed by atoms with van der Waals surface area (Å²) < 4.78 is 6.17. The van der Waals surface area contributed by atoms with Crippen LogP contribution in [-0.2, 0) is 0 Å². The molecule has 0 atom stereocenters. The van der Waals surface area contributed by atoms with E-state index >= 15 is 0 Å². The second-order valence-corrected chi connectivity index (χ2v) is 6.06. The van der Waals surface area contributed by atoms with Crippen molar-refractivity contribution < 1.29 is 9.53 Å². The molecule has 118 valence electrons. The van der Waals surface area contributed by atoms with Gasteiger partial charge in [0.2, 0.25) is 0 Å². The van der Waals surface area contributed by atoms with Crippen molar-refractivity contribution >= 4 is 49.9 Å². The fraction of sp³-hybridized carbons (Fsp3) is 0.0667. The van der Waals surface area contributed by atoms with E-state index in [9.17, 15) is 4.79 Å². The highest BCUT2D eigenvalue weighted by molar-refractivity contribution is 7.22. The average Bonchev–Trinajstić information content (AvgIpc) is 2.97. The predicted octanol–water partition coefficient (Wildman–Crippen LogP) is 3.50. The van der Waals surface area contributed by atoms with Crippen LogP contribution in [0.3, 0.4) is 0 Å². The quantitative estimate of drug-likeness (QED) is 0.496. The van der Waals surface area contributed by atoms with Crippen molar-refractivity contribution in [2.45, 2.75) is 0 Å². The van der Waals surface area contributed by atoms with E-state index in [2.05, 4.69) is 15.7 Å². The van der Waals surface area contributed by atoms with Crippen LogP contribution in [0.4, 0.5) is 10.8 Å². The molecule has 0 fully saturated rings. The van der Waals surface area contributed by atoms with Crippen LogP contribution in [0.2, 0.25) is 5.02 Å². The standard InChI is InChI=1S/C15H13ClN4O2S/c1-22-11-6-8(7-12-13(11)19-15(20-17)23-12)18-14(21)9-4-2-3-5-10(9)16/h2-7H,17H2,1H3,(H,18,21)(H,19,20). The number of ether oxygens (including phenoxy) is 1. The molecular formula is C15H13ClN4O2S. The summed E-state index contributed by atoms with van der Waals surface area (Å²) in [6.45, 7) is 0. The number of nitrogens with two attached hydrogens (primary N) is 1. The molecule has 0 spiro atoms. The molecule has 1 heterocycles. The summed E-state index contributed by atoms with van der Waals surface area (Å²) in [6.07, 6.45) is 0. The second-order valence-electron chi connectivity index (χ2n) is 4.62. The molecule has 0 aliphatic carbocycles. The maximum atomic E-state index is 12.4. The summed E-state index contributed by atoms with van der Waals surface area (Å²) in [5.74, 6) is 5.65. The lowest BCUT2D eigenvalue weighted by atomic mass is 10.2. The Labute approximate surface area is 141 Å². The number of nitrogens with one attached hydrogen (secondary N) is 2. The third-order valence-corrected chi connectivity index (χ3v) is 4.44. The highest BCUT2D eigenvalue weighted by atomic mass is 35.5. The zero-order valence-electron chi connectivity index (χ0n) is 12.1. The number of halogens is 1. The average molecular weight is 349 g/mol. The Morgan fingerprint density at radius 1 is 1.35 bits per heavy atom. The number of nitrogens with zero attached hydrogens (tertiary/aromatic N) is 1. The number of amides is 1. The Morgan fingerprint density at radius 3 is 2.83 bits per heavy atom. The summed E-state index contributed by atoms with van der Waals surface area (Å²) in [5, 5.41) is 3.77. The number of carbonyl (C=O) groups excluding carboxylic acids is 1. The van der Waals surface area contributed by atoms with Gasteiger partial charge < -0.3 is 10.1 Å². The summed E-state index contributed by atoms with van der Waals surface area (Å²) in [7, 11) is 1.54. The number of hydrazine groups is 1. The molecule has 2 aromatic carbocycles. The van der Waals surface area contributed by atoms with Gasteiger partial charge in [0.15, 0.2) is 5.13 Å². The number of thiazole rings is 1. The van der Waals surface area contributed by atoms with Gasteiger partial charge in [-0.25, -0.2) is 10.8 Å². The summed E-state index contributed by atoms with van der Waals surface area (Å²) >= 11 is 7.41. The van der Waals surface area contributed by atoms with Crippen LogP contribution in [0, 0.1) is 0 Å². The lowest BCUT2D eigenvalue weighted by Gasteiger charge is -2.08. The highest BCUT2D eigenvalue weighted by Gasteiger charge is 2.14. The van der Waals surface area contributed by atoms with Gasteiger partial charge in [-0.2, -0.15) is 0 Å². The maximum absolute atomic E-state index is 12.4. The number of hydrogen-bond donors (Lipinski definition) is 3. The van der Waals surface area contributed by atoms with Gasteiger partial charge >= 0.3 is 0 Å². The zero-order valence-corrected chi connectivity index (χ0v) is 13.7. The van der Waals surface area contributed by atoms with E-state index in [-0.39, 0.29) is 5.91 Å². The first-order chi connectivity index (χ1) is 11.1. The normalized spacial score (nSPS) is 10.6. The monoisotopic (exact) mass is 348 g/mol. The van der Waals surface area contributed by atoms with E-state index in [1.54, 1.807) is 37.4 Å². The van der Waals surface area contributed by atoms with Crippen molar-refractivity contribution in [3.8, 4) is 5.75 Å². The molecule has 8 heteroatoms. The van der Waals surface area contributed by atoms with Gasteiger partial charge in [-0.1, -0.05) is 35.1 Å². The van der Waals surface area contributed by atoms with Crippen LogP contribution in [0.15, 0.2) is 36.4 Å². The molecular weight excluding hydrogens is 336 g/mol. The molecule has 0 aliphatic rings. The largest absolute Gasteiger partial charge is 0.494 e. The molecule has 23 heavy (non-hydrogen) atoms. The minimum Gasteiger partial charge on any atom is -0.494 e. The minimum atomic E-state index is -0.293. The second kappa shape index (κ2) is 6.41. The number of fused-ring (bicyclic) bond motifs is 1. The van der Waals surface area contributed by atoms with E-state index in [4.69, 9.17) is 22.2 Å².